The molecule has 2 aromatic carbocycles. The zero-order chi connectivity index (χ0) is 20.5. The number of anilines is 1. The number of nitrogens with zero attached hydrogens (tertiary/aromatic N) is 3. The standard InChI is InChI=1S/C21H16N4O4/c1-12-3-5-14(6-4-12)18-11-17(19-13(2)24-29-21(19)23-18)20(26)22-15-7-9-16(10-8-15)25(27)28/h3-11H,1-2H3,(H,22,26). The number of nitro benzene ring substituents is 1. The lowest BCUT2D eigenvalue weighted by molar-refractivity contribution is -0.384. The summed E-state index contributed by atoms with van der Waals surface area (Å²) in [6, 6.07) is 15.1. The summed E-state index contributed by atoms with van der Waals surface area (Å²) < 4.78 is 5.30. The van der Waals surface area contributed by atoms with Gasteiger partial charge in [-0.05, 0) is 32.0 Å². The van der Waals surface area contributed by atoms with Gasteiger partial charge >= 0.3 is 0 Å². The van der Waals surface area contributed by atoms with Crippen molar-refractivity contribution >= 4 is 28.4 Å². The van der Waals surface area contributed by atoms with Crippen LogP contribution in [-0.2, 0) is 0 Å². The summed E-state index contributed by atoms with van der Waals surface area (Å²) in [6.45, 7) is 3.73. The van der Waals surface area contributed by atoms with Crippen LogP contribution in [-0.4, -0.2) is 21.0 Å². The highest BCUT2D eigenvalue weighted by atomic mass is 16.6. The molecule has 0 saturated heterocycles. The zero-order valence-electron chi connectivity index (χ0n) is 15.7. The minimum absolute atomic E-state index is 0.0502. The van der Waals surface area contributed by atoms with Crippen molar-refractivity contribution in [3.63, 3.8) is 0 Å². The van der Waals surface area contributed by atoms with Crippen molar-refractivity contribution in [3.05, 3.63) is 81.5 Å². The highest BCUT2D eigenvalue weighted by molar-refractivity contribution is 6.13. The Morgan fingerprint density at radius 1 is 1.07 bits per heavy atom. The van der Waals surface area contributed by atoms with E-state index in [9.17, 15) is 14.9 Å². The predicted octanol–water partition coefficient (Wildman–Crippen LogP) is 4.67. The van der Waals surface area contributed by atoms with E-state index < -0.39 is 4.92 Å². The van der Waals surface area contributed by atoms with E-state index in [1.54, 1.807) is 13.0 Å². The van der Waals surface area contributed by atoms with E-state index in [0.717, 1.165) is 11.1 Å². The zero-order valence-corrected chi connectivity index (χ0v) is 15.7. The summed E-state index contributed by atoms with van der Waals surface area (Å²) in [4.78, 5) is 27.8. The van der Waals surface area contributed by atoms with Crippen molar-refractivity contribution < 1.29 is 14.2 Å². The molecule has 8 nitrogen and oxygen atoms in total. The van der Waals surface area contributed by atoms with Gasteiger partial charge in [-0.2, -0.15) is 0 Å². The van der Waals surface area contributed by atoms with Gasteiger partial charge in [-0.3, -0.25) is 14.9 Å². The Labute approximate surface area is 165 Å². The summed E-state index contributed by atoms with van der Waals surface area (Å²) in [7, 11) is 0. The van der Waals surface area contributed by atoms with Crippen molar-refractivity contribution in [2.45, 2.75) is 13.8 Å². The fraction of sp³-hybridized carbons (Fsp3) is 0.0952. The highest BCUT2D eigenvalue weighted by Crippen LogP contribution is 2.28. The normalized spacial score (nSPS) is 10.8. The minimum atomic E-state index is -0.494. The maximum absolute atomic E-state index is 13.0. The Hall–Kier alpha value is -4.07. The molecule has 0 atom stereocenters. The molecule has 1 N–H and O–H groups in total. The Morgan fingerprint density at radius 3 is 2.41 bits per heavy atom. The summed E-state index contributed by atoms with van der Waals surface area (Å²) in [6.07, 6.45) is 0. The second-order valence-electron chi connectivity index (χ2n) is 6.63. The molecule has 0 bridgehead atoms. The number of aromatic nitrogens is 2. The minimum Gasteiger partial charge on any atom is -0.335 e. The van der Waals surface area contributed by atoms with Crippen LogP contribution in [0.25, 0.3) is 22.4 Å². The predicted molar refractivity (Wildman–Crippen MR) is 108 cm³/mol. The molecule has 2 aromatic heterocycles. The van der Waals surface area contributed by atoms with Crippen LogP contribution in [0.4, 0.5) is 11.4 Å². The summed E-state index contributed by atoms with van der Waals surface area (Å²) in [5.74, 6) is -0.383. The van der Waals surface area contributed by atoms with Crippen LogP contribution >= 0.6 is 0 Å². The molecule has 0 unspecified atom stereocenters. The molecule has 4 rings (SSSR count). The van der Waals surface area contributed by atoms with Crippen LogP contribution in [0, 0.1) is 24.0 Å². The average Bonchev–Trinajstić information content (AvgIpc) is 3.09. The summed E-state index contributed by atoms with van der Waals surface area (Å²) in [5, 5.41) is 18.0. The molecular weight excluding hydrogens is 372 g/mol. The van der Waals surface area contributed by atoms with Gasteiger partial charge in [0, 0.05) is 23.4 Å². The fourth-order valence-corrected chi connectivity index (χ4v) is 3.01. The molecule has 0 radical (unpaired) electrons. The van der Waals surface area contributed by atoms with Gasteiger partial charge in [0.2, 0.25) is 0 Å². The van der Waals surface area contributed by atoms with E-state index in [4.69, 9.17) is 4.52 Å². The number of benzene rings is 2. The number of pyridine rings is 1. The maximum atomic E-state index is 13.0. The summed E-state index contributed by atoms with van der Waals surface area (Å²) in [5.41, 5.74) is 4.12. The second kappa shape index (κ2) is 7.16. The largest absolute Gasteiger partial charge is 0.335 e. The van der Waals surface area contributed by atoms with Gasteiger partial charge in [0.25, 0.3) is 17.3 Å². The molecule has 0 aliphatic heterocycles. The number of carbonyl (C=O) groups is 1. The first-order valence-corrected chi connectivity index (χ1v) is 8.82. The fourth-order valence-electron chi connectivity index (χ4n) is 3.01. The van der Waals surface area contributed by atoms with E-state index in [2.05, 4.69) is 15.5 Å². The van der Waals surface area contributed by atoms with Crippen LogP contribution in [0.5, 0.6) is 0 Å². The lowest BCUT2D eigenvalue weighted by Crippen LogP contribution is -2.13. The molecule has 0 aliphatic rings. The third kappa shape index (κ3) is 3.55. The lowest BCUT2D eigenvalue weighted by atomic mass is 10.0. The van der Waals surface area contributed by atoms with E-state index in [0.29, 0.717) is 28.0 Å². The molecule has 2 heterocycles. The van der Waals surface area contributed by atoms with Crippen LogP contribution < -0.4 is 5.32 Å². The number of nitrogens with one attached hydrogen (secondary N) is 1. The second-order valence-corrected chi connectivity index (χ2v) is 6.63. The van der Waals surface area contributed by atoms with Crippen molar-refractivity contribution in [3.8, 4) is 11.3 Å². The van der Waals surface area contributed by atoms with E-state index >= 15 is 0 Å². The Bertz CT molecular complexity index is 1230. The number of nitro groups is 1. The number of aryl methyl sites for hydroxylation is 2. The van der Waals surface area contributed by atoms with Crippen LogP contribution in [0.3, 0.4) is 0 Å². The van der Waals surface area contributed by atoms with Gasteiger partial charge in [0.1, 0.15) is 0 Å². The molecule has 4 aromatic rings. The molecule has 144 valence electrons. The quantitative estimate of drug-likeness (QED) is 0.402. The first-order valence-electron chi connectivity index (χ1n) is 8.82. The molecule has 8 heteroatoms. The molecular formula is C21H16N4O4. The van der Waals surface area contributed by atoms with Crippen molar-refractivity contribution in [2.75, 3.05) is 5.32 Å². The van der Waals surface area contributed by atoms with Gasteiger partial charge in [-0.25, -0.2) is 4.98 Å². The van der Waals surface area contributed by atoms with Gasteiger partial charge < -0.3 is 9.84 Å². The molecule has 0 saturated carbocycles. The molecule has 0 aliphatic carbocycles. The van der Waals surface area contributed by atoms with E-state index in [1.165, 1.54) is 24.3 Å². The van der Waals surface area contributed by atoms with E-state index in [1.807, 2.05) is 31.2 Å². The number of amides is 1. The van der Waals surface area contributed by atoms with Gasteiger partial charge in [0.05, 0.1) is 27.3 Å². The summed E-state index contributed by atoms with van der Waals surface area (Å²) >= 11 is 0. The van der Waals surface area contributed by atoms with Crippen molar-refractivity contribution in [2.24, 2.45) is 0 Å². The first kappa shape index (κ1) is 18.3. The van der Waals surface area contributed by atoms with Gasteiger partial charge in [0.15, 0.2) is 0 Å². The third-order valence-electron chi connectivity index (χ3n) is 4.55. The van der Waals surface area contributed by atoms with Crippen molar-refractivity contribution in [1.82, 2.24) is 10.1 Å². The van der Waals surface area contributed by atoms with Gasteiger partial charge in [-0.1, -0.05) is 35.0 Å². The smallest absolute Gasteiger partial charge is 0.269 e. The molecule has 1 amide bonds. The monoisotopic (exact) mass is 388 g/mol. The molecule has 0 spiro atoms. The highest BCUT2D eigenvalue weighted by Gasteiger charge is 2.20. The average molecular weight is 388 g/mol. The lowest BCUT2D eigenvalue weighted by Gasteiger charge is -2.08. The Morgan fingerprint density at radius 2 is 1.76 bits per heavy atom. The van der Waals surface area contributed by atoms with Crippen molar-refractivity contribution in [1.29, 1.82) is 0 Å². The van der Waals surface area contributed by atoms with Crippen LogP contribution in [0.1, 0.15) is 21.6 Å². The SMILES string of the molecule is Cc1ccc(-c2cc(C(=O)Nc3ccc([N+](=O)[O-])cc3)c3c(C)noc3n2)cc1. The van der Waals surface area contributed by atoms with E-state index in [-0.39, 0.29) is 17.3 Å². The third-order valence-corrected chi connectivity index (χ3v) is 4.55. The number of hydrogen-bond donors (Lipinski definition) is 1. The topological polar surface area (TPSA) is 111 Å². The number of rotatable bonds is 4. The number of carbonyl (C=O) groups excluding carboxylic acids is 1. The van der Waals surface area contributed by atoms with Crippen LogP contribution in [0.2, 0.25) is 0 Å². The molecule has 0 fully saturated rings. The van der Waals surface area contributed by atoms with Gasteiger partial charge in [-0.15, -0.1) is 0 Å². The number of fused-ring (bicyclic) bond motifs is 1. The Balaban J connectivity index is 1.74. The number of non-ortho nitro benzene ring substituents is 1. The maximum Gasteiger partial charge on any atom is 0.269 e. The first-order chi connectivity index (χ1) is 13.9. The number of hydrogen-bond acceptors (Lipinski definition) is 6. The molecule has 29 heavy (non-hydrogen) atoms. The van der Waals surface area contributed by atoms with Crippen LogP contribution in [0.15, 0.2) is 59.1 Å². The Kier molecular flexibility index (Phi) is 4.52.